The molecule has 3 aromatic rings. The maximum Gasteiger partial charge on any atom is 0.394 e. The van der Waals surface area contributed by atoms with Gasteiger partial charge in [0, 0.05) is 22.1 Å². The quantitative estimate of drug-likeness (QED) is 0.286. The van der Waals surface area contributed by atoms with Crippen molar-refractivity contribution in [1.29, 1.82) is 0 Å². The lowest BCUT2D eigenvalue weighted by Gasteiger charge is -1.85. The molecule has 0 unspecified atom stereocenters. The summed E-state index contributed by atoms with van der Waals surface area (Å²) in [6, 6.07) is 16.4. The second kappa shape index (κ2) is 7.47. The molecule has 0 atom stereocenters. The van der Waals surface area contributed by atoms with Crippen molar-refractivity contribution in [2.24, 2.45) is 0 Å². The van der Waals surface area contributed by atoms with Gasteiger partial charge in [-0.1, -0.05) is 0 Å². The summed E-state index contributed by atoms with van der Waals surface area (Å²) in [5.74, 6) is 0. The first kappa shape index (κ1) is 18.8. The van der Waals surface area contributed by atoms with Crippen molar-refractivity contribution in [3.63, 3.8) is 0 Å². The number of aromatic amines is 2. The van der Waals surface area contributed by atoms with Crippen molar-refractivity contribution in [3.8, 4) is 0 Å². The van der Waals surface area contributed by atoms with Gasteiger partial charge in [-0.3, -0.25) is 9.11 Å². The Kier molecular flexibility index (Phi) is 4.85. The number of nitrogens with zero attached hydrogens (tertiary/aromatic N) is 2. The van der Waals surface area contributed by atoms with Gasteiger partial charge in [-0.15, -0.1) is 0 Å². The molecule has 0 aliphatic carbocycles. The Labute approximate surface area is 165 Å². The third kappa shape index (κ3) is 5.26. The first-order chi connectivity index (χ1) is 13.8. The van der Waals surface area contributed by atoms with Gasteiger partial charge >= 0.3 is 10.4 Å². The average Bonchev–Trinajstić information content (AvgIpc) is 3.38. The first-order valence-electron chi connectivity index (χ1n) is 8.55. The number of aromatic nitrogens is 4. The van der Waals surface area contributed by atoms with Gasteiger partial charge in [-0.25, -0.2) is 9.97 Å². The van der Waals surface area contributed by atoms with Crippen LogP contribution in [0.1, 0.15) is 22.8 Å². The summed E-state index contributed by atoms with van der Waals surface area (Å²) < 4.78 is 31.6. The normalized spacial score (nSPS) is 12.5. The molecule has 8 bridgehead atoms. The lowest BCUT2D eigenvalue weighted by Crippen LogP contribution is -1.89. The van der Waals surface area contributed by atoms with E-state index >= 15 is 0 Å². The van der Waals surface area contributed by atoms with Crippen LogP contribution in [0.25, 0.3) is 46.4 Å². The fourth-order valence-corrected chi connectivity index (χ4v) is 2.94. The highest BCUT2D eigenvalue weighted by Gasteiger charge is 2.01. The number of rotatable bonds is 0. The fourth-order valence-electron chi connectivity index (χ4n) is 2.94. The lowest BCUT2D eigenvalue weighted by molar-refractivity contribution is 0.381. The summed E-state index contributed by atoms with van der Waals surface area (Å²) in [4.78, 5) is 16.0. The van der Waals surface area contributed by atoms with Crippen LogP contribution in [0.5, 0.6) is 0 Å². The average molecular weight is 408 g/mol. The Morgan fingerprint density at radius 2 is 0.828 bits per heavy atom. The summed E-state index contributed by atoms with van der Waals surface area (Å²) in [5, 5.41) is 0. The Morgan fingerprint density at radius 3 is 1.07 bits per heavy atom. The standard InChI is InChI=1S/C20H14N4.H2O4S/c1-2-14-10-16-5-6-18(23-16)12-20-8-7-19(24-20)11-17-4-3-15(22-17)9-13(1)21-14;1-5(2,3)4/h1-12,21,24H;(H2,1,2,3,4). The van der Waals surface area contributed by atoms with Crippen molar-refractivity contribution >= 4 is 56.8 Å². The van der Waals surface area contributed by atoms with Crippen LogP contribution in [0.2, 0.25) is 0 Å². The van der Waals surface area contributed by atoms with Gasteiger partial charge in [0.1, 0.15) is 0 Å². The Balaban J connectivity index is 0.000000369. The van der Waals surface area contributed by atoms with Crippen LogP contribution >= 0.6 is 0 Å². The predicted octanol–water partition coefficient (Wildman–Crippen LogP) is 4.00. The topological polar surface area (TPSA) is 132 Å². The molecule has 2 aliphatic heterocycles. The van der Waals surface area contributed by atoms with Gasteiger partial charge in [0.15, 0.2) is 0 Å². The minimum absolute atomic E-state index is 0.939. The predicted molar refractivity (Wildman–Crippen MR) is 113 cm³/mol. The molecule has 5 rings (SSSR count). The van der Waals surface area contributed by atoms with Crippen LogP contribution in [0.3, 0.4) is 0 Å². The summed E-state index contributed by atoms with van der Waals surface area (Å²) in [6.07, 6.45) is 8.09. The van der Waals surface area contributed by atoms with Gasteiger partial charge in [-0.2, -0.15) is 8.42 Å². The zero-order valence-corrected chi connectivity index (χ0v) is 15.8. The molecule has 2 aliphatic rings. The molecule has 146 valence electrons. The van der Waals surface area contributed by atoms with Crippen molar-refractivity contribution in [2.75, 3.05) is 0 Å². The largest absolute Gasteiger partial charge is 0.394 e. The number of nitrogens with one attached hydrogen (secondary N) is 2. The van der Waals surface area contributed by atoms with Crippen LogP contribution in [0.15, 0.2) is 48.5 Å². The molecular weight excluding hydrogens is 392 g/mol. The molecule has 0 amide bonds. The Morgan fingerprint density at radius 1 is 0.586 bits per heavy atom. The molecule has 0 saturated heterocycles. The first-order valence-corrected chi connectivity index (χ1v) is 9.94. The Bertz CT molecular complexity index is 1220. The zero-order chi connectivity index (χ0) is 20.4. The summed E-state index contributed by atoms with van der Waals surface area (Å²) in [5.41, 5.74) is 7.86. The molecule has 0 fully saturated rings. The minimum atomic E-state index is -4.67. The molecule has 4 N–H and O–H groups in total. The van der Waals surface area contributed by atoms with Crippen LogP contribution < -0.4 is 0 Å². The van der Waals surface area contributed by atoms with Gasteiger partial charge in [0.25, 0.3) is 0 Å². The highest BCUT2D eigenvalue weighted by atomic mass is 32.3. The van der Waals surface area contributed by atoms with Gasteiger partial charge in [0.2, 0.25) is 0 Å². The SMILES string of the molecule is C1=Cc2cc3ccc(cc4nc(cc5ccc(cc1n2)[nH]5)C=C4)[nH]3.O=S(=O)(O)O. The van der Waals surface area contributed by atoms with E-state index in [9.17, 15) is 0 Å². The van der Waals surface area contributed by atoms with E-state index in [-0.39, 0.29) is 0 Å². The molecule has 5 heterocycles. The molecule has 0 saturated carbocycles. The van der Waals surface area contributed by atoms with E-state index in [2.05, 4.69) is 44.2 Å². The summed E-state index contributed by atoms with van der Waals surface area (Å²) >= 11 is 0. The highest BCUT2D eigenvalue weighted by Crippen LogP contribution is 2.16. The van der Waals surface area contributed by atoms with E-state index in [1.165, 1.54) is 0 Å². The van der Waals surface area contributed by atoms with Crippen molar-refractivity contribution in [2.45, 2.75) is 0 Å². The lowest BCUT2D eigenvalue weighted by atomic mass is 10.3. The summed E-state index contributed by atoms with van der Waals surface area (Å²) in [6.45, 7) is 0. The third-order valence-corrected chi connectivity index (χ3v) is 4.04. The van der Waals surface area contributed by atoms with Crippen LogP contribution in [-0.2, 0) is 10.4 Å². The second-order valence-electron chi connectivity index (χ2n) is 6.35. The maximum atomic E-state index is 8.74. The number of H-pyrrole nitrogens is 2. The van der Waals surface area contributed by atoms with Crippen LogP contribution in [0, 0.1) is 0 Å². The third-order valence-electron chi connectivity index (χ3n) is 4.04. The number of fused-ring (bicyclic) bond motifs is 8. The van der Waals surface area contributed by atoms with E-state index in [4.69, 9.17) is 17.5 Å². The van der Waals surface area contributed by atoms with Crippen LogP contribution in [-0.4, -0.2) is 37.5 Å². The molecule has 0 radical (unpaired) electrons. The maximum absolute atomic E-state index is 8.74. The van der Waals surface area contributed by atoms with Gasteiger partial charge in [-0.05, 0) is 72.8 Å². The van der Waals surface area contributed by atoms with Gasteiger partial charge in [0.05, 0.1) is 22.8 Å². The van der Waals surface area contributed by atoms with E-state index in [0.29, 0.717) is 0 Å². The zero-order valence-electron chi connectivity index (χ0n) is 14.9. The van der Waals surface area contributed by atoms with E-state index in [1.54, 1.807) is 0 Å². The van der Waals surface area contributed by atoms with E-state index in [1.807, 2.05) is 48.6 Å². The van der Waals surface area contributed by atoms with E-state index in [0.717, 1.165) is 44.8 Å². The van der Waals surface area contributed by atoms with Gasteiger partial charge < -0.3 is 9.97 Å². The van der Waals surface area contributed by atoms with Crippen LogP contribution in [0.4, 0.5) is 0 Å². The molecule has 0 spiro atoms. The second-order valence-corrected chi connectivity index (χ2v) is 7.25. The molecule has 9 heteroatoms. The number of hydrogen-bond donors (Lipinski definition) is 4. The molecule has 8 nitrogen and oxygen atoms in total. The summed E-state index contributed by atoms with van der Waals surface area (Å²) in [7, 11) is -4.67. The Hall–Kier alpha value is -3.53. The number of hydrogen-bond acceptors (Lipinski definition) is 4. The molecule has 29 heavy (non-hydrogen) atoms. The molecule has 3 aromatic heterocycles. The fraction of sp³-hybridized carbons (Fsp3) is 0. The molecular formula is C20H16N4O4S. The molecule has 0 aromatic carbocycles. The highest BCUT2D eigenvalue weighted by molar-refractivity contribution is 7.79. The minimum Gasteiger partial charge on any atom is -0.355 e. The van der Waals surface area contributed by atoms with Crippen molar-refractivity contribution in [3.05, 3.63) is 71.3 Å². The monoisotopic (exact) mass is 408 g/mol. The van der Waals surface area contributed by atoms with E-state index < -0.39 is 10.4 Å². The van der Waals surface area contributed by atoms with Crippen molar-refractivity contribution in [1.82, 2.24) is 19.9 Å². The van der Waals surface area contributed by atoms with Crippen molar-refractivity contribution < 1.29 is 17.5 Å². The smallest absolute Gasteiger partial charge is 0.355 e.